The molecule has 0 radical (unpaired) electrons. The molecule has 0 aromatic heterocycles. The highest BCUT2D eigenvalue weighted by atomic mass is 127. The molecule has 2 rings (SSSR count). The van der Waals surface area contributed by atoms with Crippen molar-refractivity contribution in [2.75, 3.05) is 0 Å². The summed E-state index contributed by atoms with van der Waals surface area (Å²) in [6.45, 7) is 4.38. The first-order chi connectivity index (χ1) is 9.74. The summed E-state index contributed by atoms with van der Waals surface area (Å²) in [7, 11) is 0. The minimum atomic E-state index is 0.548. The van der Waals surface area contributed by atoms with Gasteiger partial charge in [-0.05, 0) is 77.6 Å². The van der Waals surface area contributed by atoms with Crippen LogP contribution in [0.2, 0.25) is 0 Å². The van der Waals surface area contributed by atoms with Crippen LogP contribution >= 0.6 is 22.6 Å². The summed E-state index contributed by atoms with van der Waals surface area (Å²) in [5, 5.41) is 0. The van der Waals surface area contributed by atoms with Crippen LogP contribution in [0.15, 0.2) is 48.6 Å². The Morgan fingerprint density at radius 3 is 2.75 bits per heavy atom. The van der Waals surface area contributed by atoms with Crippen LogP contribution < -0.4 is 0 Å². The van der Waals surface area contributed by atoms with Gasteiger partial charge in [0.1, 0.15) is 0 Å². The lowest BCUT2D eigenvalue weighted by atomic mass is 9.90. The summed E-state index contributed by atoms with van der Waals surface area (Å²) in [5.74, 6) is 0.548. The van der Waals surface area contributed by atoms with Crippen LogP contribution in [0.25, 0.3) is 5.57 Å². The predicted octanol–water partition coefficient (Wildman–Crippen LogP) is 6.48. The fourth-order valence-electron chi connectivity index (χ4n) is 2.74. The minimum absolute atomic E-state index is 0.548. The van der Waals surface area contributed by atoms with E-state index in [9.17, 15) is 0 Å². The highest BCUT2D eigenvalue weighted by molar-refractivity contribution is 14.1. The molecule has 0 spiro atoms. The molecule has 20 heavy (non-hydrogen) atoms. The largest absolute Gasteiger partial charge is 0.0910 e. The summed E-state index contributed by atoms with van der Waals surface area (Å²) in [4.78, 5) is 0. The Balaban J connectivity index is 2.36. The fourth-order valence-corrected chi connectivity index (χ4v) is 3.43. The molecule has 1 aliphatic rings. The van der Waals surface area contributed by atoms with E-state index in [2.05, 4.69) is 85.0 Å². The predicted molar refractivity (Wildman–Crippen MR) is 98.0 cm³/mol. The molecule has 0 aliphatic heterocycles. The Labute approximate surface area is 136 Å². The maximum absolute atomic E-state index is 2.44. The van der Waals surface area contributed by atoms with Crippen molar-refractivity contribution in [3.63, 3.8) is 0 Å². The van der Waals surface area contributed by atoms with E-state index in [4.69, 9.17) is 0 Å². The van der Waals surface area contributed by atoms with E-state index >= 15 is 0 Å². The topological polar surface area (TPSA) is 0 Å². The van der Waals surface area contributed by atoms with Crippen LogP contribution in [0.1, 0.15) is 56.6 Å². The second-order valence-electron chi connectivity index (χ2n) is 5.33. The Bertz CT molecular complexity index is 535. The van der Waals surface area contributed by atoms with Gasteiger partial charge in [0.15, 0.2) is 0 Å². The average molecular weight is 378 g/mol. The molecule has 0 amide bonds. The third kappa shape index (κ3) is 4.08. The van der Waals surface area contributed by atoms with Crippen molar-refractivity contribution in [2.24, 2.45) is 0 Å². The van der Waals surface area contributed by atoms with Crippen molar-refractivity contribution in [3.8, 4) is 0 Å². The molecule has 0 saturated heterocycles. The zero-order valence-electron chi connectivity index (χ0n) is 12.4. The molecule has 0 saturated carbocycles. The third-order valence-corrected chi connectivity index (χ3v) is 4.32. The van der Waals surface area contributed by atoms with Gasteiger partial charge in [-0.1, -0.05) is 49.8 Å². The molecule has 0 heterocycles. The average Bonchev–Trinajstić information content (AvgIpc) is 2.47. The molecule has 0 fully saturated rings. The van der Waals surface area contributed by atoms with Crippen molar-refractivity contribution >= 4 is 28.2 Å². The van der Waals surface area contributed by atoms with Gasteiger partial charge < -0.3 is 0 Å². The number of rotatable bonds is 5. The lowest BCUT2D eigenvalue weighted by Gasteiger charge is -2.16. The summed E-state index contributed by atoms with van der Waals surface area (Å²) in [6, 6.07) is 7.01. The molecular weight excluding hydrogens is 355 g/mol. The quantitative estimate of drug-likeness (QED) is 0.406. The van der Waals surface area contributed by atoms with E-state index in [1.54, 1.807) is 0 Å². The van der Waals surface area contributed by atoms with Gasteiger partial charge in [0.05, 0.1) is 0 Å². The summed E-state index contributed by atoms with van der Waals surface area (Å²) in [5.41, 5.74) is 4.20. The first kappa shape index (κ1) is 15.6. The van der Waals surface area contributed by atoms with Gasteiger partial charge in [0.2, 0.25) is 0 Å². The zero-order valence-corrected chi connectivity index (χ0v) is 14.6. The zero-order chi connectivity index (χ0) is 14.4. The fraction of sp³-hybridized carbons (Fsp3) is 0.368. The second-order valence-corrected chi connectivity index (χ2v) is 6.58. The lowest BCUT2D eigenvalue weighted by Crippen LogP contribution is -1.98. The molecule has 0 N–H and O–H groups in total. The van der Waals surface area contributed by atoms with E-state index < -0.39 is 0 Å². The summed E-state index contributed by atoms with van der Waals surface area (Å²) < 4.78 is 1.33. The first-order valence-electron chi connectivity index (χ1n) is 7.55. The van der Waals surface area contributed by atoms with Gasteiger partial charge in [0, 0.05) is 9.49 Å². The monoisotopic (exact) mass is 378 g/mol. The Morgan fingerprint density at radius 1 is 1.25 bits per heavy atom. The summed E-state index contributed by atoms with van der Waals surface area (Å²) in [6.07, 6.45) is 16.2. The van der Waals surface area contributed by atoms with Crippen LogP contribution in [-0.2, 0) is 0 Å². The van der Waals surface area contributed by atoms with Crippen LogP contribution in [0.4, 0.5) is 0 Å². The summed E-state index contributed by atoms with van der Waals surface area (Å²) >= 11 is 2.44. The minimum Gasteiger partial charge on any atom is -0.0910 e. The van der Waals surface area contributed by atoms with Crippen molar-refractivity contribution < 1.29 is 0 Å². The normalized spacial score (nSPS) is 16.4. The molecule has 106 valence electrons. The molecule has 1 aliphatic carbocycles. The molecule has 1 atom stereocenters. The van der Waals surface area contributed by atoms with Crippen LogP contribution in [0.3, 0.4) is 0 Å². The maximum atomic E-state index is 2.44. The lowest BCUT2D eigenvalue weighted by molar-refractivity contribution is 0.716. The van der Waals surface area contributed by atoms with E-state index in [1.165, 1.54) is 46.0 Å². The van der Waals surface area contributed by atoms with Crippen molar-refractivity contribution in [3.05, 3.63) is 63.3 Å². The van der Waals surface area contributed by atoms with Gasteiger partial charge in [-0.3, -0.25) is 0 Å². The van der Waals surface area contributed by atoms with E-state index in [-0.39, 0.29) is 0 Å². The van der Waals surface area contributed by atoms with Gasteiger partial charge in [-0.15, -0.1) is 0 Å². The van der Waals surface area contributed by atoms with E-state index in [1.807, 2.05) is 0 Å². The van der Waals surface area contributed by atoms with Gasteiger partial charge in [0.25, 0.3) is 0 Å². The number of halogens is 1. The van der Waals surface area contributed by atoms with Crippen LogP contribution in [0, 0.1) is 3.57 Å². The molecule has 0 bridgehead atoms. The van der Waals surface area contributed by atoms with Crippen LogP contribution in [-0.4, -0.2) is 0 Å². The highest BCUT2D eigenvalue weighted by Crippen LogP contribution is 2.30. The standard InChI is InChI=1S/C19H23I/c1-3-8-15(9-4-2)17-12-18(14-19(20)13-17)16-10-6-5-7-11-16/h3,6,8,10-15H,4-5,7,9H2,1-2H3/b8-3-. The molecule has 1 aromatic carbocycles. The number of allylic oxidation sites excluding steroid dienone is 6. The number of hydrogen-bond acceptors (Lipinski definition) is 0. The molecular formula is C19H23I. The molecule has 1 unspecified atom stereocenters. The van der Waals surface area contributed by atoms with Gasteiger partial charge >= 0.3 is 0 Å². The molecule has 1 heteroatoms. The van der Waals surface area contributed by atoms with Crippen molar-refractivity contribution in [1.29, 1.82) is 0 Å². The number of hydrogen-bond donors (Lipinski definition) is 0. The SMILES string of the molecule is C/C=C\C(CCC)c1cc(I)cc(C2=CCCC=C2)c1. The van der Waals surface area contributed by atoms with Crippen molar-refractivity contribution in [1.82, 2.24) is 0 Å². The maximum Gasteiger partial charge on any atom is 0.0139 e. The first-order valence-corrected chi connectivity index (χ1v) is 8.63. The highest BCUT2D eigenvalue weighted by Gasteiger charge is 2.11. The van der Waals surface area contributed by atoms with E-state index in [0.29, 0.717) is 5.92 Å². The molecule has 1 aromatic rings. The second kappa shape index (κ2) is 7.82. The molecule has 0 nitrogen and oxygen atoms in total. The Hall–Kier alpha value is -0.830. The Morgan fingerprint density at radius 2 is 2.10 bits per heavy atom. The van der Waals surface area contributed by atoms with Gasteiger partial charge in [-0.2, -0.15) is 0 Å². The van der Waals surface area contributed by atoms with Crippen molar-refractivity contribution in [2.45, 2.75) is 45.4 Å². The third-order valence-electron chi connectivity index (χ3n) is 3.70. The van der Waals surface area contributed by atoms with Gasteiger partial charge in [-0.25, -0.2) is 0 Å². The van der Waals surface area contributed by atoms with Crippen LogP contribution in [0.5, 0.6) is 0 Å². The smallest absolute Gasteiger partial charge is 0.0139 e. The Kier molecular flexibility index (Phi) is 6.08. The number of benzene rings is 1. The van der Waals surface area contributed by atoms with E-state index in [0.717, 1.165) is 0 Å².